The summed E-state index contributed by atoms with van der Waals surface area (Å²) >= 11 is 0. The minimum atomic E-state index is -0.213. The van der Waals surface area contributed by atoms with Gasteiger partial charge in [-0.3, -0.25) is 14.3 Å². The Balaban J connectivity index is 1.23. The third-order valence-electron chi connectivity index (χ3n) is 6.37. The van der Waals surface area contributed by atoms with Gasteiger partial charge in [0.2, 0.25) is 5.91 Å². The fourth-order valence-corrected chi connectivity index (χ4v) is 4.30. The minimum Gasteiger partial charge on any atom is -0.368 e. The number of nitrogens with one attached hydrogen (secondary N) is 1. The minimum absolute atomic E-state index is 0.213. The van der Waals surface area contributed by atoms with Gasteiger partial charge >= 0.3 is 0 Å². The Morgan fingerprint density at radius 1 is 0.970 bits per heavy atom. The highest BCUT2D eigenvalue weighted by Gasteiger charge is 2.34. The fourth-order valence-electron chi connectivity index (χ4n) is 4.30. The molecule has 7 nitrogen and oxygen atoms in total. The molecule has 2 amide bonds. The Kier molecular flexibility index (Phi) is 5.86. The van der Waals surface area contributed by atoms with Crippen molar-refractivity contribution < 1.29 is 9.59 Å². The molecule has 1 N–H and O–H groups in total. The van der Waals surface area contributed by atoms with Crippen LogP contribution in [0.1, 0.15) is 34.6 Å². The summed E-state index contributed by atoms with van der Waals surface area (Å²) in [4.78, 5) is 29.3. The number of aromatic nitrogens is 2. The molecule has 1 saturated carbocycles. The summed E-state index contributed by atoms with van der Waals surface area (Å²) in [5, 5.41) is 7.43. The maximum absolute atomic E-state index is 12.6. The monoisotopic (exact) mass is 443 g/mol. The van der Waals surface area contributed by atoms with Crippen molar-refractivity contribution in [1.82, 2.24) is 14.7 Å². The molecule has 7 heteroatoms. The Bertz CT molecular complexity index is 1140. The van der Waals surface area contributed by atoms with Crippen molar-refractivity contribution in [2.75, 3.05) is 36.4 Å². The maximum Gasteiger partial charge on any atom is 0.276 e. The number of anilines is 2. The summed E-state index contributed by atoms with van der Waals surface area (Å²) in [7, 11) is 0. The molecular weight excluding hydrogens is 414 g/mol. The van der Waals surface area contributed by atoms with E-state index in [1.807, 2.05) is 52.9 Å². The molecule has 3 aromatic rings. The van der Waals surface area contributed by atoms with Crippen LogP contribution in [0.3, 0.4) is 0 Å². The van der Waals surface area contributed by atoms with Crippen molar-refractivity contribution in [2.24, 2.45) is 5.92 Å². The highest BCUT2D eigenvalue weighted by molar-refractivity contribution is 6.02. The first-order valence-electron chi connectivity index (χ1n) is 11.6. The highest BCUT2D eigenvalue weighted by atomic mass is 16.2. The lowest BCUT2D eigenvalue weighted by molar-refractivity contribution is -0.132. The van der Waals surface area contributed by atoms with Crippen LogP contribution >= 0.6 is 0 Å². The zero-order valence-corrected chi connectivity index (χ0v) is 18.9. The summed E-state index contributed by atoms with van der Waals surface area (Å²) < 4.78 is 1.87. The van der Waals surface area contributed by atoms with Crippen LogP contribution in [0.25, 0.3) is 0 Å². The molecule has 33 heavy (non-hydrogen) atoms. The Morgan fingerprint density at radius 2 is 1.73 bits per heavy atom. The molecule has 1 aliphatic carbocycles. The zero-order chi connectivity index (χ0) is 22.8. The lowest BCUT2D eigenvalue weighted by Crippen LogP contribution is -2.49. The first kappa shape index (κ1) is 21.2. The lowest BCUT2D eigenvalue weighted by atomic mass is 10.1. The van der Waals surface area contributed by atoms with Gasteiger partial charge in [-0.05, 0) is 55.7 Å². The van der Waals surface area contributed by atoms with E-state index in [0.29, 0.717) is 18.1 Å². The number of hydrogen-bond donors (Lipinski definition) is 1. The maximum atomic E-state index is 12.6. The van der Waals surface area contributed by atoms with Crippen LogP contribution < -0.4 is 10.2 Å². The van der Waals surface area contributed by atoms with Crippen molar-refractivity contribution in [3.8, 4) is 0 Å². The SMILES string of the molecule is Cc1cc(C(=O)Nc2ccccc2)nn1Cc1cccc(N2CCN(C(=O)C3CC3)CC2)c1. The number of para-hydroxylation sites is 1. The van der Waals surface area contributed by atoms with Crippen molar-refractivity contribution >= 4 is 23.2 Å². The molecule has 0 spiro atoms. The molecule has 2 fully saturated rings. The first-order valence-corrected chi connectivity index (χ1v) is 11.6. The van der Waals surface area contributed by atoms with E-state index >= 15 is 0 Å². The van der Waals surface area contributed by atoms with Crippen LogP contribution in [0.2, 0.25) is 0 Å². The topological polar surface area (TPSA) is 70.5 Å². The third kappa shape index (κ3) is 4.92. The zero-order valence-electron chi connectivity index (χ0n) is 18.9. The summed E-state index contributed by atoms with van der Waals surface area (Å²) in [6.45, 7) is 5.85. The standard InChI is InChI=1S/C26H29N5O2/c1-19-16-24(25(32)27-22-7-3-2-4-8-22)28-31(19)18-20-6-5-9-23(17-20)29-12-14-30(15-13-29)26(33)21-10-11-21/h2-9,16-17,21H,10-15,18H2,1H3,(H,27,32). The Hall–Kier alpha value is -3.61. The third-order valence-corrected chi connectivity index (χ3v) is 6.37. The largest absolute Gasteiger partial charge is 0.368 e. The summed E-state index contributed by atoms with van der Waals surface area (Å²) in [5.41, 5.74) is 4.39. The van der Waals surface area contributed by atoms with Crippen LogP contribution in [-0.2, 0) is 11.3 Å². The van der Waals surface area contributed by atoms with E-state index in [1.165, 1.54) is 0 Å². The van der Waals surface area contributed by atoms with Gasteiger partial charge in [0, 0.05) is 49.2 Å². The van der Waals surface area contributed by atoms with Crippen LogP contribution in [0.4, 0.5) is 11.4 Å². The summed E-state index contributed by atoms with van der Waals surface area (Å²) in [6.07, 6.45) is 2.12. The Morgan fingerprint density at radius 3 is 2.45 bits per heavy atom. The highest BCUT2D eigenvalue weighted by Crippen LogP contribution is 2.31. The molecule has 0 atom stereocenters. The number of rotatable bonds is 6. The Labute approximate surface area is 194 Å². The van der Waals surface area contributed by atoms with Crippen LogP contribution in [-0.4, -0.2) is 52.7 Å². The van der Waals surface area contributed by atoms with Crippen molar-refractivity contribution in [3.63, 3.8) is 0 Å². The van der Waals surface area contributed by atoms with E-state index < -0.39 is 0 Å². The molecule has 0 bridgehead atoms. The van der Waals surface area contributed by atoms with Gasteiger partial charge in [-0.15, -0.1) is 0 Å². The van der Waals surface area contributed by atoms with Gasteiger partial charge in [-0.2, -0.15) is 5.10 Å². The molecule has 1 aliphatic heterocycles. The number of hydrogen-bond acceptors (Lipinski definition) is 4. The average Bonchev–Trinajstić information content (AvgIpc) is 3.63. The number of carbonyl (C=O) groups is 2. The number of piperazine rings is 1. The van der Waals surface area contributed by atoms with Crippen LogP contribution in [0.15, 0.2) is 60.7 Å². The number of amides is 2. The van der Waals surface area contributed by atoms with Crippen molar-refractivity contribution in [2.45, 2.75) is 26.3 Å². The predicted octanol–water partition coefficient (Wildman–Crippen LogP) is 3.55. The van der Waals surface area contributed by atoms with E-state index in [-0.39, 0.29) is 11.8 Å². The second-order valence-corrected chi connectivity index (χ2v) is 8.91. The van der Waals surface area contributed by atoms with Crippen LogP contribution in [0, 0.1) is 12.8 Å². The average molecular weight is 444 g/mol. The smallest absolute Gasteiger partial charge is 0.276 e. The van der Waals surface area contributed by atoms with Gasteiger partial charge in [0.1, 0.15) is 0 Å². The quantitative estimate of drug-likeness (QED) is 0.633. The second kappa shape index (κ2) is 9.10. The summed E-state index contributed by atoms with van der Waals surface area (Å²) in [6, 6.07) is 19.7. The van der Waals surface area contributed by atoms with Gasteiger partial charge in [0.15, 0.2) is 5.69 Å². The molecule has 1 aromatic heterocycles. The number of nitrogens with zero attached hydrogens (tertiary/aromatic N) is 4. The molecule has 5 rings (SSSR count). The molecule has 2 aliphatic rings. The van der Waals surface area contributed by atoms with Crippen molar-refractivity contribution in [1.29, 1.82) is 0 Å². The van der Waals surface area contributed by atoms with E-state index in [4.69, 9.17) is 0 Å². The number of carbonyl (C=O) groups excluding carboxylic acids is 2. The fraction of sp³-hybridized carbons (Fsp3) is 0.346. The molecular formula is C26H29N5O2. The van der Waals surface area contributed by atoms with Gasteiger partial charge in [0.25, 0.3) is 5.91 Å². The molecule has 1 saturated heterocycles. The van der Waals surface area contributed by atoms with E-state index in [9.17, 15) is 9.59 Å². The molecule has 170 valence electrons. The van der Waals surface area contributed by atoms with Crippen molar-refractivity contribution in [3.05, 3.63) is 77.6 Å². The summed E-state index contributed by atoms with van der Waals surface area (Å²) in [5.74, 6) is 0.414. The van der Waals surface area contributed by atoms with Gasteiger partial charge in [-0.25, -0.2) is 0 Å². The second-order valence-electron chi connectivity index (χ2n) is 8.91. The number of aryl methyl sites for hydroxylation is 1. The molecule has 0 radical (unpaired) electrons. The van der Waals surface area contributed by atoms with Gasteiger partial charge in [0.05, 0.1) is 6.54 Å². The predicted molar refractivity (Wildman–Crippen MR) is 128 cm³/mol. The van der Waals surface area contributed by atoms with E-state index in [2.05, 4.69) is 39.6 Å². The first-order chi connectivity index (χ1) is 16.1. The molecule has 2 heterocycles. The van der Waals surface area contributed by atoms with E-state index in [1.54, 1.807) is 0 Å². The lowest BCUT2D eigenvalue weighted by Gasteiger charge is -2.36. The molecule has 0 unspecified atom stereocenters. The van der Waals surface area contributed by atoms with Gasteiger partial charge in [-0.1, -0.05) is 30.3 Å². The van der Waals surface area contributed by atoms with Crippen LogP contribution in [0.5, 0.6) is 0 Å². The normalized spacial score (nSPS) is 16.0. The number of benzene rings is 2. The van der Waals surface area contributed by atoms with E-state index in [0.717, 1.165) is 61.7 Å². The molecule has 2 aromatic carbocycles. The van der Waals surface area contributed by atoms with Gasteiger partial charge < -0.3 is 15.1 Å².